The first-order valence-electron chi connectivity index (χ1n) is 12.2. The van der Waals surface area contributed by atoms with Gasteiger partial charge < -0.3 is 23.8 Å². The smallest absolute Gasteiger partial charge is 0.412 e. The van der Waals surface area contributed by atoms with Crippen molar-refractivity contribution in [1.82, 2.24) is 5.16 Å². The number of nitrogens with zero attached hydrogens (tertiary/aromatic N) is 1. The summed E-state index contributed by atoms with van der Waals surface area (Å²) in [6.45, 7) is 3.79. The number of carbonyl (C=O) groups is 2. The summed E-state index contributed by atoms with van der Waals surface area (Å²) < 4.78 is 22.7. The Bertz CT molecular complexity index is 1530. The predicted octanol–water partition coefficient (Wildman–Crippen LogP) is 6.77. The number of nitrogens with one attached hydrogen (secondary N) is 1. The number of carbonyl (C=O) groups excluding carboxylic acids is 1. The molecule has 0 fully saturated rings. The minimum atomic E-state index is -0.889. The third kappa shape index (κ3) is 5.59. The van der Waals surface area contributed by atoms with Crippen molar-refractivity contribution in [2.75, 3.05) is 12.1 Å². The first kappa shape index (κ1) is 26.3. The van der Waals surface area contributed by atoms with Crippen LogP contribution in [0, 0.1) is 6.92 Å². The molecule has 0 saturated carbocycles. The molecule has 1 amide bonds. The Kier molecular flexibility index (Phi) is 7.53. The molecule has 3 aromatic carbocycles. The lowest BCUT2D eigenvalue weighted by molar-refractivity contribution is -0.136. The van der Waals surface area contributed by atoms with Crippen LogP contribution in [-0.2, 0) is 27.3 Å². The summed E-state index contributed by atoms with van der Waals surface area (Å²) in [6, 6.07) is 18.2. The van der Waals surface area contributed by atoms with Crippen LogP contribution in [0.25, 0.3) is 22.5 Å². The molecule has 0 aliphatic carbocycles. The van der Waals surface area contributed by atoms with Crippen LogP contribution in [0.1, 0.15) is 35.4 Å². The molecule has 1 aromatic heterocycles. The van der Waals surface area contributed by atoms with Gasteiger partial charge >= 0.3 is 12.1 Å². The van der Waals surface area contributed by atoms with Gasteiger partial charge in [-0.05, 0) is 42.7 Å². The average Bonchev–Trinajstić information content (AvgIpc) is 3.27. The molecule has 0 saturated heterocycles. The molecular formula is C29H25ClN2O7. The summed E-state index contributed by atoms with van der Waals surface area (Å²) in [5.41, 5.74) is 5.34. The normalized spacial score (nSPS) is 13.2. The van der Waals surface area contributed by atoms with Crippen molar-refractivity contribution in [3.8, 4) is 28.2 Å². The van der Waals surface area contributed by atoms with Gasteiger partial charge in [-0.25, -0.2) is 4.79 Å². The van der Waals surface area contributed by atoms with Crippen molar-refractivity contribution in [2.45, 2.75) is 33.0 Å². The van der Waals surface area contributed by atoms with E-state index in [1.54, 1.807) is 44.2 Å². The molecule has 39 heavy (non-hydrogen) atoms. The molecule has 2 N–H and O–H groups in total. The number of carboxylic acids is 1. The van der Waals surface area contributed by atoms with Crippen LogP contribution in [0.4, 0.5) is 10.5 Å². The lowest BCUT2D eigenvalue weighted by atomic mass is 9.94. The summed E-state index contributed by atoms with van der Waals surface area (Å²) in [4.78, 5) is 23.9. The maximum atomic E-state index is 12.8. The van der Waals surface area contributed by atoms with Gasteiger partial charge in [0.2, 0.25) is 0 Å². The first-order chi connectivity index (χ1) is 18.8. The van der Waals surface area contributed by atoms with Gasteiger partial charge in [0, 0.05) is 16.1 Å². The minimum absolute atomic E-state index is 0.0499. The minimum Gasteiger partial charge on any atom is -0.481 e. The number of anilines is 1. The van der Waals surface area contributed by atoms with Crippen LogP contribution in [0.2, 0.25) is 5.02 Å². The highest BCUT2D eigenvalue weighted by atomic mass is 35.5. The molecule has 200 valence electrons. The molecule has 1 aliphatic heterocycles. The highest BCUT2D eigenvalue weighted by molar-refractivity contribution is 6.31. The fourth-order valence-corrected chi connectivity index (χ4v) is 4.76. The maximum absolute atomic E-state index is 12.8. The van der Waals surface area contributed by atoms with Crippen LogP contribution in [0.5, 0.6) is 5.75 Å². The molecule has 1 aliphatic rings. The van der Waals surface area contributed by atoms with Gasteiger partial charge in [0.1, 0.15) is 23.2 Å². The zero-order valence-electron chi connectivity index (χ0n) is 21.2. The number of benzene rings is 3. The van der Waals surface area contributed by atoms with Crippen LogP contribution in [0.15, 0.2) is 65.2 Å². The fourth-order valence-electron chi connectivity index (χ4n) is 4.47. The molecule has 1 atom stereocenters. The number of aryl methyl sites for hydroxylation is 1. The fraction of sp³-hybridized carbons (Fsp3) is 0.207. The molecule has 4 aromatic rings. The SMILES string of the molecule is Cc1noc(-c2ccc(-c3ccc(CC(=O)O)cc3)c3c2OCOC3)c1NC(=O)OC(C)c1ccccc1Cl. The molecule has 1 unspecified atom stereocenters. The number of aliphatic carboxylic acids is 1. The number of amides is 1. The van der Waals surface area contributed by atoms with E-state index >= 15 is 0 Å². The molecule has 2 heterocycles. The van der Waals surface area contributed by atoms with Gasteiger partial charge in [0.15, 0.2) is 12.6 Å². The van der Waals surface area contributed by atoms with Gasteiger partial charge in [-0.3, -0.25) is 10.1 Å². The maximum Gasteiger partial charge on any atom is 0.412 e. The average molecular weight is 549 g/mol. The topological polar surface area (TPSA) is 120 Å². The van der Waals surface area contributed by atoms with Crippen molar-refractivity contribution in [1.29, 1.82) is 0 Å². The summed E-state index contributed by atoms with van der Waals surface area (Å²) >= 11 is 6.24. The quantitative estimate of drug-likeness (QED) is 0.259. The number of fused-ring (bicyclic) bond motifs is 1. The molecule has 0 spiro atoms. The van der Waals surface area contributed by atoms with Crippen molar-refractivity contribution in [3.05, 3.63) is 88.1 Å². The van der Waals surface area contributed by atoms with Crippen LogP contribution in [0.3, 0.4) is 0 Å². The van der Waals surface area contributed by atoms with Crippen molar-refractivity contribution >= 4 is 29.4 Å². The van der Waals surface area contributed by atoms with Gasteiger partial charge in [0.25, 0.3) is 0 Å². The molecule has 0 radical (unpaired) electrons. The molecule has 10 heteroatoms. The Morgan fingerprint density at radius 2 is 1.85 bits per heavy atom. The number of ether oxygens (including phenoxy) is 3. The standard InChI is InChI=1S/C29H25ClN2O7/c1-16-26(31-29(35)38-17(2)20-5-3-4-6-24(20)30)28(39-32-16)22-12-11-21(23-14-36-15-37-27(22)23)19-9-7-18(8-10-19)13-25(33)34/h3-12,17H,13-15H2,1-2H3,(H,31,35)(H,33,34). The van der Waals surface area contributed by atoms with Gasteiger partial charge in [-0.2, -0.15) is 0 Å². The number of aromatic nitrogens is 1. The lowest BCUT2D eigenvalue weighted by Crippen LogP contribution is -2.17. The second kappa shape index (κ2) is 11.2. The Balaban J connectivity index is 1.44. The van der Waals surface area contributed by atoms with Crippen molar-refractivity contribution in [3.63, 3.8) is 0 Å². The molecule has 0 bridgehead atoms. The van der Waals surface area contributed by atoms with E-state index in [1.807, 2.05) is 30.3 Å². The van der Waals surface area contributed by atoms with Gasteiger partial charge in [-0.15, -0.1) is 0 Å². The monoisotopic (exact) mass is 548 g/mol. The van der Waals surface area contributed by atoms with Crippen LogP contribution >= 0.6 is 11.6 Å². The van der Waals surface area contributed by atoms with E-state index < -0.39 is 18.2 Å². The van der Waals surface area contributed by atoms with Crippen LogP contribution in [-0.4, -0.2) is 29.1 Å². The Hall–Kier alpha value is -4.34. The number of halogens is 1. The number of carboxylic acid groups (broad SMARTS) is 1. The Morgan fingerprint density at radius 1 is 1.10 bits per heavy atom. The summed E-state index contributed by atoms with van der Waals surface area (Å²) in [7, 11) is 0. The van der Waals surface area contributed by atoms with Crippen LogP contribution < -0.4 is 10.1 Å². The van der Waals surface area contributed by atoms with E-state index in [2.05, 4.69) is 10.5 Å². The largest absolute Gasteiger partial charge is 0.481 e. The van der Waals surface area contributed by atoms with E-state index in [1.165, 1.54) is 0 Å². The lowest BCUT2D eigenvalue weighted by Gasteiger charge is -2.23. The summed E-state index contributed by atoms with van der Waals surface area (Å²) in [6.07, 6.45) is -1.33. The highest BCUT2D eigenvalue weighted by Gasteiger charge is 2.27. The number of rotatable bonds is 7. The van der Waals surface area contributed by atoms with Gasteiger partial charge in [0.05, 0.1) is 18.6 Å². The number of hydrogen-bond donors (Lipinski definition) is 2. The van der Waals surface area contributed by atoms with E-state index in [-0.39, 0.29) is 13.2 Å². The zero-order chi connectivity index (χ0) is 27.5. The van der Waals surface area contributed by atoms with E-state index in [9.17, 15) is 9.59 Å². The zero-order valence-corrected chi connectivity index (χ0v) is 21.9. The van der Waals surface area contributed by atoms with Gasteiger partial charge in [-0.1, -0.05) is 65.3 Å². The first-order valence-corrected chi connectivity index (χ1v) is 12.6. The molecule has 9 nitrogen and oxygen atoms in total. The van der Waals surface area contributed by atoms with E-state index in [4.69, 9.17) is 35.4 Å². The Morgan fingerprint density at radius 3 is 2.59 bits per heavy atom. The van der Waals surface area contributed by atoms with Crippen molar-refractivity contribution < 1.29 is 33.4 Å². The molecular weight excluding hydrogens is 524 g/mol. The van der Waals surface area contributed by atoms with Crippen molar-refractivity contribution in [2.24, 2.45) is 0 Å². The molecule has 5 rings (SSSR count). The van der Waals surface area contributed by atoms with E-state index in [0.717, 1.165) is 16.7 Å². The third-order valence-electron chi connectivity index (χ3n) is 6.38. The third-order valence-corrected chi connectivity index (χ3v) is 6.72. The summed E-state index contributed by atoms with van der Waals surface area (Å²) in [5, 5.41) is 16.4. The second-order valence-corrected chi connectivity index (χ2v) is 9.42. The van der Waals surface area contributed by atoms with E-state index in [0.29, 0.717) is 51.2 Å². The number of hydrogen-bond acceptors (Lipinski definition) is 7. The predicted molar refractivity (Wildman–Crippen MR) is 144 cm³/mol. The Labute approximate surface area is 229 Å². The second-order valence-electron chi connectivity index (χ2n) is 9.01. The summed E-state index contributed by atoms with van der Waals surface area (Å²) in [5.74, 6) is -0.0260. The highest BCUT2D eigenvalue weighted by Crippen LogP contribution is 2.44.